The number of nitrogens with one attached hydrogen (secondary N) is 1. The van der Waals surface area contributed by atoms with Gasteiger partial charge >= 0.3 is 43.9 Å². The van der Waals surface area contributed by atoms with E-state index in [9.17, 15) is 41.0 Å². The van der Waals surface area contributed by atoms with Crippen LogP contribution >= 0.6 is 0 Å². The van der Waals surface area contributed by atoms with Gasteiger partial charge in [-0.05, 0) is 18.1 Å². The summed E-state index contributed by atoms with van der Waals surface area (Å²) in [5, 5.41) is 11.2. The number of benzene rings is 1. The van der Waals surface area contributed by atoms with E-state index in [1.165, 1.54) is 0 Å². The first-order chi connectivity index (χ1) is 14.4. The van der Waals surface area contributed by atoms with Crippen LogP contribution < -0.4 is 5.11 Å². The Labute approximate surface area is 207 Å². The van der Waals surface area contributed by atoms with E-state index in [1.54, 1.807) is 0 Å². The Hall–Kier alpha value is -1.83. The van der Waals surface area contributed by atoms with Gasteiger partial charge in [-0.3, -0.25) is 4.79 Å². The average molecular weight is 488 g/mol. The molecule has 168 valence electrons. The number of fused-ring (bicyclic) bond motifs is 1. The van der Waals surface area contributed by atoms with E-state index in [2.05, 4.69) is 4.98 Å². The first-order valence-corrected chi connectivity index (χ1v) is 8.88. The Bertz CT molecular complexity index is 1040. The van der Waals surface area contributed by atoms with E-state index in [-0.39, 0.29) is 62.1 Å². The van der Waals surface area contributed by atoms with Gasteiger partial charge in [0.05, 0.1) is 18.2 Å². The van der Waals surface area contributed by atoms with Gasteiger partial charge in [-0.1, -0.05) is 0 Å². The standard InChI is InChI=1S/C18H15F6N4O3.Ca/c19-10-6-12(21)11(20)4-8(10)3-9(25)5-14(29)27-1-2-28-13(7-27)15(16(30)31)26-17(28)18(22,23)24;/h4,6,9,25H,1-3,5,7H2,(H,30,31);/q-1;+2/p-1/t9-;/m1./s1. The van der Waals surface area contributed by atoms with Gasteiger partial charge in [0.2, 0.25) is 11.7 Å². The molecule has 7 nitrogen and oxygen atoms in total. The van der Waals surface area contributed by atoms with Crippen molar-refractivity contribution in [2.24, 2.45) is 0 Å². The molecule has 1 aromatic carbocycles. The minimum atomic E-state index is -4.91. The number of alkyl halides is 3. The van der Waals surface area contributed by atoms with Gasteiger partial charge in [-0.15, -0.1) is 6.04 Å². The molecule has 1 amide bonds. The molecule has 1 aromatic heterocycles. The molecule has 0 saturated heterocycles. The third-order valence-electron chi connectivity index (χ3n) is 4.78. The van der Waals surface area contributed by atoms with Gasteiger partial charge in [0.15, 0.2) is 11.6 Å². The number of aromatic carboxylic acids is 1. The topological polar surface area (TPSA) is 102 Å². The van der Waals surface area contributed by atoms with Crippen molar-refractivity contribution < 1.29 is 41.0 Å². The van der Waals surface area contributed by atoms with Crippen molar-refractivity contribution >= 4 is 49.6 Å². The largest absolute Gasteiger partial charge is 2.00 e. The molecular formula is C18H14CaF6N4O3. The molecule has 1 atom stereocenters. The summed E-state index contributed by atoms with van der Waals surface area (Å²) in [4.78, 5) is 27.8. The second-order valence-corrected chi connectivity index (χ2v) is 6.95. The number of hydrogen-bond acceptors (Lipinski definition) is 4. The van der Waals surface area contributed by atoms with Crippen LogP contribution in [0.15, 0.2) is 12.1 Å². The zero-order valence-corrected chi connectivity index (χ0v) is 18.5. The van der Waals surface area contributed by atoms with Gasteiger partial charge < -0.3 is 25.1 Å². The average Bonchev–Trinajstić information content (AvgIpc) is 3.05. The van der Waals surface area contributed by atoms with Crippen LogP contribution in [-0.2, 0) is 30.5 Å². The smallest absolute Gasteiger partial charge is 0.674 e. The molecule has 0 radical (unpaired) electrons. The van der Waals surface area contributed by atoms with Gasteiger partial charge in [-0.25, -0.2) is 18.2 Å². The van der Waals surface area contributed by atoms with Crippen LogP contribution in [0.1, 0.15) is 34.0 Å². The molecule has 3 rings (SSSR count). The number of halogens is 6. The van der Waals surface area contributed by atoms with Crippen LogP contribution in [0.3, 0.4) is 0 Å². The molecule has 0 aliphatic carbocycles. The van der Waals surface area contributed by atoms with E-state index in [0.29, 0.717) is 16.7 Å². The van der Waals surface area contributed by atoms with E-state index in [1.807, 2.05) is 0 Å². The molecule has 2 heterocycles. The molecule has 1 aliphatic heterocycles. The quantitative estimate of drug-likeness (QED) is 0.363. The summed E-state index contributed by atoms with van der Waals surface area (Å²) in [6.45, 7) is -1.09. The van der Waals surface area contributed by atoms with Gasteiger partial charge in [0.1, 0.15) is 11.5 Å². The molecule has 1 N–H and O–H groups in total. The summed E-state index contributed by atoms with van der Waals surface area (Å²) in [5.41, 5.74) is 6.32. The van der Waals surface area contributed by atoms with Crippen LogP contribution in [0.25, 0.3) is 5.73 Å². The van der Waals surface area contributed by atoms with Crippen molar-refractivity contribution in [3.8, 4) is 0 Å². The fraction of sp³-hybridized carbons (Fsp3) is 0.389. The van der Waals surface area contributed by atoms with Crippen molar-refractivity contribution in [3.05, 3.63) is 58.1 Å². The first-order valence-electron chi connectivity index (χ1n) is 8.88. The molecule has 0 bridgehead atoms. The minimum absolute atomic E-state index is 0. The Morgan fingerprint density at radius 2 is 1.75 bits per heavy atom. The van der Waals surface area contributed by atoms with E-state index < -0.39 is 72.5 Å². The number of carboxylic acid groups (broad SMARTS) is 1. The predicted molar refractivity (Wildman–Crippen MR) is 95.5 cm³/mol. The Morgan fingerprint density at radius 1 is 1.12 bits per heavy atom. The maximum Gasteiger partial charge on any atom is 2.00 e. The summed E-state index contributed by atoms with van der Waals surface area (Å²) < 4.78 is 79.9. The monoisotopic (exact) mass is 488 g/mol. The Balaban J connectivity index is 0.00000363. The normalized spacial score (nSPS) is 14.5. The van der Waals surface area contributed by atoms with E-state index in [4.69, 9.17) is 5.73 Å². The number of carbonyl (C=O) groups is 2. The van der Waals surface area contributed by atoms with Crippen molar-refractivity contribution in [2.75, 3.05) is 6.54 Å². The first kappa shape index (κ1) is 26.4. The van der Waals surface area contributed by atoms with Crippen molar-refractivity contribution in [1.29, 1.82) is 0 Å². The van der Waals surface area contributed by atoms with Crippen LogP contribution in [0.5, 0.6) is 0 Å². The summed E-state index contributed by atoms with van der Waals surface area (Å²) in [7, 11) is 0. The SMILES string of the molecule is [Ca+2].[NH-][C@@H](CC(=O)N1CCn2c(C(F)(F)F)nc(C(=O)[O-])c2C1)Cc1cc(F)c(F)cc1F. The third-order valence-corrected chi connectivity index (χ3v) is 4.78. The van der Waals surface area contributed by atoms with Crippen molar-refractivity contribution in [3.63, 3.8) is 0 Å². The van der Waals surface area contributed by atoms with E-state index in [0.717, 1.165) is 4.90 Å². The molecule has 0 fully saturated rings. The molecule has 0 unspecified atom stereocenters. The fourth-order valence-electron chi connectivity index (χ4n) is 3.36. The molecule has 0 saturated carbocycles. The zero-order valence-electron chi connectivity index (χ0n) is 16.3. The van der Waals surface area contributed by atoms with Crippen molar-refractivity contribution in [2.45, 2.75) is 38.1 Å². The summed E-state index contributed by atoms with van der Waals surface area (Å²) in [5.74, 6) is -7.83. The molecule has 14 heteroatoms. The number of aromatic nitrogens is 2. The second-order valence-electron chi connectivity index (χ2n) is 6.95. The van der Waals surface area contributed by atoms with Crippen LogP contribution in [-0.4, -0.2) is 76.7 Å². The fourth-order valence-corrected chi connectivity index (χ4v) is 3.36. The van der Waals surface area contributed by atoms with Crippen LogP contribution in [0.2, 0.25) is 0 Å². The second kappa shape index (κ2) is 9.98. The molecule has 32 heavy (non-hydrogen) atoms. The van der Waals surface area contributed by atoms with Crippen molar-refractivity contribution in [1.82, 2.24) is 14.5 Å². The van der Waals surface area contributed by atoms with E-state index >= 15 is 0 Å². The predicted octanol–water partition coefficient (Wildman–Crippen LogP) is 1.70. The number of carboxylic acids is 1. The maximum absolute atomic E-state index is 13.7. The summed E-state index contributed by atoms with van der Waals surface area (Å²) >= 11 is 0. The minimum Gasteiger partial charge on any atom is -0.674 e. The number of amides is 1. The van der Waals surface area contributed by atoms with Crippen LogP contribution in [0.4, 0.5) is 26.3 Å². The Kier molecular flexibility index (Phi) is 8.24. The molecule has 2 aromatic rings. The number of carbonyl (C=O) groups excluding carboxylic acids is 2. The number of imidazole rings is 1. The molecule has 0 spiro atoms. The van der Waals surface area contributed by atoms with Crippen LogP contribution in [0, 0.1) is 17.5 Å². The number of rotatable bonds is 5. The molecule has 1 aliphatic rings. The summed E-state index contributed by atoms with van der Waals surface area (Å²) in [6.07, 6.45) is -5.82. The third kappa shape index (κ3) is 5.56. The Morgan fingerprint density at radius 3 is 2.34 bits per heavy atom. The maximum atomic E-state index is 13.7. The molecular weight excluding hydrogens is 474 g/mol. The van der Waals surface area contributed by atoms with Gasteiger partial charge in [-0.2, -0.15) is 13.2 Å². The van der Waals surface area contributed by atoms with Gasteiger partial charge in [0.25, 0.3) is 0 Å². The zero-order chi connectivity index (χ0) is 23.1. The van der Waals surface area contributed by atoms with Gasteiger partial charge in [0, 0.05) is 25.6 Å². The number of nitrogens with zero attached hydrogens (tertiary/aromatic N) is 3. The summed E-state index contributed by atoms with van der Waals surface area (Å²) in [6, 6.07) is -0.351. The number of hydrogen-bond donors (Lipinski definition) is 0.